The average molecular weight is 265 g/mol. The highest BCUT2D eigenvalue weighted by Crippen LogP contribution is 2.59. The Balaban J connectivity index is 1.57. The second-order valence-corrected chi connectivity index (χ2v) is 5.93. The normalized spacial score (nSPS) is 39.2. The monoisotopic (exact) mass is 265 g/mol. The molecule has 2 aliphatic carbocycles. The van der Waals surface area contributed by atoms with Crippen LogP contribution in [0.1, 0.15) is 12.8 Å². The van der Waals surface area contributed by atoms with Crippen molar-refractivity contribution in [1.29, 1.82) is 0 Å². The summed E-state index contributed by atoms with van der Waals surface area (Å²) >= 11 is 0. The summed E-state index contributed by atoms with van der Waals surface area (Å²) in [5.74, 6) is 1.17. The molecule has 5 nitrogen and oxygen atoms in total. The molecule has 1 N–H and O–H groups in total. The van der Waals surface area contributed by atoms with Crippen LogP contribution in [0, 0.1) is 29.6 Å². The Hall–Kier alpha value is -1.52. The molecule has 1 unspecified atom stereocenters. The molecule has 0 radical (unpaired) electrons. The third-order valence-electron chi connectivity index (χ3n) is 5.11. The summed E-state index contributed by atoms with van der Waals surface area (Å²) in [5.41, 5.74) is 0. The van der Waals surface area contributed by atoms with Gasteiger partial charge in [-0.3, -0.25) is 4.79 Å². The zero-order valence-electron chi connectivity index (χ0n) is 10.8. The zero-order valence-corrected chi connectivity index (χ0v) is 10.8. The van der Waals surface area contributed by atoms with Crippen molar-refractivity contribution < 1.29 is 19.4 Å². The molecule has 19 heavy (non-hydrogen) atoms. The molecule has 0 bridgehead atoms. The highest BCUT2D eigenvalue weighted by atomic mass is 16.6. The van der Waals surface area contributed by atoms with Gasteiger partial charge >= 0.3 is 12.1 Å². The average Bonchev–Trinajstić information content (AvgIpc) is 2.92. The van der Waals surface area contributed by atoms with Gasteiger partial charge in [0, 0.05) is 13.1 Å². The number of carbonyl (C=O) groups excluding carboxylic acids is 1. The van der Waals surface area contributed by atoms with Crippen LogP contribution in [0.3, 0.4) is 0 Å². The van der Waals surface area contributed by atoms with E-state index in [4.69, 9.17) is 9.84 Å². The first kappa shape index (κ1) is 12.5. The van der Waals surface area contributed by atoms with E-state index in [-0.39, 0.29) is 18.6 Å². The number of hydrogen-bond acceptors (Lipinski definition) is 3. The first-order valence-electron chi connectivity index (χ1n) is 6.87. The molecule has 0 spiro atoms. The summed E-state index contributed by atoms with van der Waals surface area (Å²) in [7, 11) is 0. The van der Waals surface area contributed by atoms with Crippen molar-refractivity contribution in [3.8, 4) is 0 Å². The van der Waals surface area contributed by atoms with Crippen molar-refractivity contribution in [3.63, 3.8) is 0 Å². The molecule has 3 rings (SSSR count). The first-order valence-corrected chi connectivity index (χ1v) is 6.87. The highest BCUT2D eigenvalue weighted by Gasteiger charge is 2.59. The molecule has 5 heteroatoms. The summed E-state index contributed by atoms with van der Waals surface area (Å²) in [6, 6.07) is 0. The predicted molar refractivity (Wildman–Crippen MR) is 67.4 cm³/mol. The lowest BCUT2D eigenvalue weighted by Crippen LogP contribution is -2.42. The predicted octanol–water partition coefficient (Wildman–Crippen LogP) is 1.60. The Labute approximate surface area is 112 Å². The van der Waals surface area contributed by atoms with E-state index in [0.717, 1.165) is 25.9 Å². The van der Waals surface area contributed by atoms with Gasteiger partial charge in [-0.1, -0.05) is 12.7 Å². The standard InChI is InChI=1S/C14H19NO4/c1-2-3-19-14(18)15-6-11-9-4-8(13(16)17)5-10(9)12(11)7-15/h2,8-12H,1,3-7H2,(H,16,17)/t8?,9-,10+,11+,12-. The molecule has 1 saturated heterocycles. The molecule has 1 aliphatic heterocycles. The number of rotatable bonds is 3. The van der Waals surface area contributed by atoms with Gasteiger partial charge in [-0.05, 0) is 36.5 Å². The van der Waals surface area contributed by atoms with E-state index in [1.807, 2.05) is 0 Å². The molecule has 2 saturated carbocycles. The number of aliphatic carboxylic acids is 1. The molecule has 0 aromatic carbocycles. The Bertz CT molecular complexity index is 402. The van der Waals surface area contributed by atoms with Crippen molar-refractivity contribution in [2.24, 2.45) is 29.6 Å². The summed E-state index contributed by atoms with van der Waals surface area (Å²) < 4.78 is 5.06. The molecular weight excluding hydrogens is 246 g/mol. The van der Waals surface area contributed by atoms with Crippen molar-refractivity contribution in [2.45, 2.75) is 12.8 Å². The summed E-state index contributed by atoms with van der Waals surface area (Å²) in [6.07, 6.45) is 2.88. The van der Waals surface area contributed by atoms with Gasteiger partial charge in [-0.15, -0.1) is 0 Å². The van der Waals surface area contributed by atoms with E-state index in [2.05, 4.69) is 6.58 Å². The van der Waals surface area contributed by atoms with Crippen LogP contribution in [0.25, 0.3) is 0 Å². The van der Waals surface area contributed by atoms with E-state index in [9.17, 15) is 9.59 Å². The molecule has 0 aromatic rings. The number of nitrogens with zero attached hydrogens (tertiary/aromatic N) is 1. The van der Waals surface area contributed by atoms with Gasteiger partial charge < -0.3 is 14.7 Å². The van der Waals surface area contributed by atoms with E-state index < -0.39 is 5.97 Å². The van der Waals surface area contributed by atoms with Crippen molar-refractivity contribution in [2.75, 3.05) is 19.7 Å². The number of carboxylic acid groups (broad SMARTS) is 1. The maximum absolute atomic E-state index is 11.8. The number of carbonyl (C=O) groups is 2. The molecular formula is C14H19NO4. The van der Waals surface area contributed by atoms with Crippen molar-refractivity contribution >= 4 is 12.1 Å². The van der Waals surface area contributed by atoms with E-state index >= 15 is 0 Å². The Morgan fingerprint density at radius 2 is 1.79 bits per heavy atom. The lowest BCUT2D eigenvalue weighted by Gasteiger charge is -2.43. The van der Waals surface area contributed by atoms with Crippen LogP contribution >= 0.6 is 0 Å². The lowest BCUT2D eigenvalue weighted by molar-refractivity contribution is -0.141. The fourth-order valence-corrected chi connectivity index (χ4v) is 4.27. The van der Waals surface area contributed by atoms with E-state index in [1.54, 1.807) is 11.0 Å². The SMILES string of the molecule is C=CCOC(=O)N1C[C@@H]2[C@H]3CC(C(=O)O)C[C@H]3[C@@H]2C1. The van der Waals surface area contributed by atoms with Gasteiger partial charge in [0.2, 0.25) is 0 Å². The third-order valence-corrected chi connectivity index (χ3v) is 5.11. The number of amides is 1. The number of hydrogen-bond donors (Lipinski definition) is 1. The molecule has 3 aliphatic rings. The smallest absolute Gasteiger partial charge is 0.410 e. The Morgan fingerprint density at radius 1 is 1.21 bits per heavy atom. The van der Waals surface area contributed by atoms with Crippen LogP contribution in [0.15, 0.2) is 12.7 Å². The lowest BCUT2D eigenvalue weighted by atomic mass is 9.60. The molecule has 104 valence electrons. The van der Waals surface area contributed by atoms with Gasteiger partial charge in [-0.2, -0.15) is 0 Å². The molecule has 0 aromatic heterocycles. The fourth-order valence-electron chi connectivity index (χ4n) is 4.27. The van der Waals surface area contributed by atoms with E-state index in [0.29, 0.717) is 23.7 Å². The van der Waals surface area contributed by atoms with Gasteiger partial charge in [0.25, 0.3) is 0 Å². The third kappa shape index (κ3) is 1.91. The minimum absolute atomic E-state index is 0.165. The summed E-state index contributed by atoms with van der Waals surface area (Å²) in [6.45, 7) is 5.23. The quantitative estimate of drug-likeness (QED) is 0.787. The molecule has 1 amide bonds. The Morgan fingerprint density at radius 3 is 2.26 bits per heavy atom. The topological polar surface area (TPSA) is 66.8 Å². The van der Waals surface area contributed by atoms with Crippen LogP contribution in [0.2, 0.25) is 0 Å². The maximum atomic E-state index is 11.8. The van der Waals surface area contributed by atoms with Crippen molar-refractivity contribution in [1.82, 2.24) is 4.90 Å². The number of fused-ring (bicyclic) bond motifs is 4. The van der Waals surface area contributed by atoms with E-state index in [1.165, 1.54) is 0 Å². The minimum Gasteiger partial charge on any atom is -0.481 e. The number of ether oxygens (including phenoxy) is 1. The van der Waals surface area contributed by atoms with Crippen LogP contribution in [0.4, 0.5) is 4.79 Å². The first-order chi connectivity index (χ1) is 9.11. The van der Waals surface area contributed by atoms with Gasteiger partial charge in [0.15, 0.2) is 0 Å². The van der Waals surface area contributed by atoms with Crippen LogP contribution in [-0.2, 0) is 9.53 Å². The van der Waals surface area contributed by atoms with Crippen LogP contribution < -0.4 is 0 Å². The largest absolute Gasteiger partial charge is 0.481 e. The van der Waals surface area contributed by atoms with Gasteiger partial charge in [0.1, 0.15) is 6.61 Å². The summed E-state index contributed by atoms with van der Waals surface area (Å²) in [4.78, 5) is 24.6. The highest BCUT2D eigenvalue weighted by molar-refractivity contribution is 5.71. The molecule has 3 fully saturated rings. The number of carboxylic acids is 1. The molecule has 5 atom stereocenters. The minimum atomic E-state index is -0.658. The maximum Gasteiger partial charge on any atom is 0.410 e. The van der Waals surface area contributed by atoms with Crippen LogP contribution in [0.5, 0.6) is 0 Å². The fraction of sp³-hybridized carbons (Fsp3) is 0.714. The zero-order chi connectivity index (χ0) is 13.6. The van der Waals surface area contributed by atoms with Gasteiger partial charge in [-0.25, -0.2) is 4.79 Å². The van der Waals surface area contributed by atoms with Crippen LogP contribution in [-0.4, -0.2) is 41.8 Å². The Kier molecular flexibility index (Phi) is 2.99. The van der Waals surface area contributed by atoms with Gasteiger partial charge in [0.05, 0.1) is 5.92 Å². The number of likely N-dealkylation sites (tertiary alicyclic amines) is 1. The second-order valence-electron chi connectivity index (χ2n) is 5.93. The molecule has 1 heterocycles. The van der Waals surface area contributed by atoms with Crippen molar-refractivity contribution in [3.05, 3.63) is 12.7 Å². The summed E-state index contributed by atoms with van der Waals surface area (Å²) in [5, 5.41) is 9.08. The second kappa shape index (κ2) is 4.54.